The Hall–Kier alpha value is -3.98. The summed E-state index contributed by atoms with van der Waals surface area (Å²) in [6, 6.07) is 18.4. The molecule has 8 nitrogen and oxygen atoms in total. The highest BCUT2D eigenvalue weighted by Gasteiger charge is 2.31. The lowest BCUT2D eigenvalue weighted by atomic mass is 9.92. The van der Waals surface area contributed by atoms with Gasteiger partial charge in [-0.05, 0) is 97.4 Å². The number of nitrogens with one attached hydrogen (secondary N) is 1. The molecule has 0 amide bonds. The van der Waals surface area contributed by atoms with Crippen molar-refractivity contribution in [2.75, 3.05) is 46.4 Å². The Morgan fingerprint density at radius 3 is 2.24 bits per heavy atom. The SMILES string of the molecule is CCOC(=O)c1ccc(OC[C@@H]2c3cc(OC)c(OC)cc3CCN2C(=S)Nc2ccc(OC)cc2)cc1. The van der Waals surface area contributed by atoms with E-state index in [1.54, 1.807) is 52.5 Å². The maximum absolute atomic E-state index is 12.0. The molecule has 1 N–H and O–H groups in total. The molecule has 0 spiro atoms. The summed E-state index contributed by atoms with van der Waals surface area (Å²) in [6.45, 7) is 3.13. The van der Waals surface area contributed by atoms with Gasteiger partial charge in [-0.2, -0.15) is 0 Å². The van der Waals surface area contributed by atoms with Crippen molar-refractivity contribution in [1.82, 2.24) is 4.90 Å². The fraction of sp³-hybridized carbons (Fsp3) is 0.310. The minimum absolute atomic E-state index is 0.193. The van der Waals surface area contributed by atoms with Gasteiger partial charge >= 0.3 is 5.97 Å². The van der Waals surface area contributed by atoms with Crippen LogP contribution in [0.2, 0.25) is 0 Å². The van der Waals surface area contributed by atoms with Crippen molar-refractivity contribution >= 4 is 29.0 Å². The molecule has 200 valence electrons. The van der Waals surface area contributed by atoms with Crippen LogP contribution >= 0.6 is 12.2 Å². The lowest BCUT2D eigenvalue weighted by Crippen LogP contribution is -2.44. The molecule has 3 aromatic rings. The van der Waals surface area contributed by atoms with Crippen molar-refractivity contribution in [2.45, 2.75) is 19.4 Å². The van der Waals surface area contributed by atoms with E-state index in [4.69, 9.17) is 35.9 Å². The Labute approximate surface area is 228 Å². The average molecular weight is 537 g/mol. The fourth-order valence-electron chi connectivity index (χ4n) is 4.40. The Bertz CT molecular complexity index is 1260. The quantitative estimate of drug-likeness (QED) is 0.291. The van der Waals surface area contributed by atoms with E-state index in [2.05, 4.69) is 10.2 Å². The highest BCUT2D eigenvalue weighted by atomic mass is 32.1. The van der Waals surface area contributed by atoms with Crippen LogP contribution in [0, 0.1) is 0 Å². The molecule has 1 aliphatic heterocycles. The number of carbonyl (C=O) groups is 1. The van der Waals surface area contributed by atoms with E-state index in [1.807, 2.05) is 36.4 Å². The predicted molar refractivity (Wildman–Crippen MR) is 150 cm³/mol. The molecule has 0 aliphatic carbocycles. The summed E-state index contributed by atoms with van der Waals surface area (Å²) in [5, 5.41) is 3.93. The van der Waals surface area contributed by atoms with Crippen molar-refractivity contribution in [3.8, 4) is 23.0 Å². The molecule has 0 fully saturated rings. The Kier molecular flexibility index (Phi) is 8.91. The molecule has 1 atom stereocenters. The van der Waals surface area contributed by atoms with Crippen molar-refractivity contribution in [2.24, 2.45) is 0 Å². The number of hydrogen-bond donors (Lipinski definition) is 1. The first-order valence-electron chi connectivity index (χ1n) is 12.3. The number of thiocarbonyl (C=S) groups is 1. The molecule has 0 saturated heterocycles. The molecule has 0 unspecified atom stereocenters. The number of nitrogens with zero attached hydrogens (tertiary/aromatic N) is 1. The second-order valence-corrected chi connectivity index (χ2v) is 8.97. The number of benzene rings is 3. The van der Waals surface area contributed by atoms with Crippen LogP contribution in [0.3, 0.4) is 0 Å². The van der Waals surface area contributed by atoms with E-state index in [9.17, 15) is 4.79 Å². The van der Waals surface area contributed by atoms with Gasteiger partial charge in [0.2, 0.25) is 0 Å². The summed E-state index contributed by atoms with van der Waals surface area (Å²) in [4.78, 5) is 14.1. The van der Waals surface area contributed by atoms with E-state index in [1.165, 1.54) is 0 Å². The summed E-state index contributed by atoms with van der Waals surface area (Å²) in [5.41, 5.74) is 3.54. The first-order chi connectivity index (χ1) is 18.5. The second kappa shape index (κ2) is 12.5. The van der Waals surface area contributed by atoms with Gasteiger partial charge in [-0.15, -0.1) is 0 Å². The van der Waals surface area contributed by atoms with E-state index < -0.39 is 0 Å². The van der Waals surface area contributed by atoms with E-state index in [-0.39, 0.29) is 12.0 Å². The Morgan fingerprint density at radius 1 is 0.947 bits per heavy atom. The van der Waals surface area contributed by atoms with Gasteiger partial charge in [-0.3, -0.25) is 0 Å². The largest absolute Gasteiger partial charge is 0.497 e. The Balaban J connectivity index is 1.58. The normalized spacial score (nSPS) is 14.2. The third-order valence-electron chi connectivity index (χ3n) is 6.38. The molecule has 0 radical (unpaired) electrons. The maximum atomic E-state index is 12.0. The van der Waals surface area contributed by atoms with Crippen LogP contribution in [-0.2, 0) is 11.2 Å². The van der Waals surface area contributed by atoms with Gasteiger partial charge < -0.3 is 33.9 Å². The number of carbonyl (C=O) groups excluding carboxylic acids is 1. The number of anilines is 1. The van der Waals surface area contributed by atoms with Crippen LogP contribution in [0.15, 0.2) is 60.7 Å². The molecule has 1 heterocycles. The van der Waals surface area contributed by atoms with Crippen molar-refractivity contribution in [3.63, 3.8) is 0 Å². The van der Waals surface area contributed by atoms with Crippen molar-refractivity contribution in [3.05, 3.63) is 77.4 Å². The fourth-order valence-corrected chi connectivity index (χ4v) is 4.73. The van der Waals surface area contributed by atoms with E-state index in [0.717, 1.165) is 29.0 Å². The van der Waals surface area contributed by atoms with Gasteiger partial charge in [0.05, 0.1) is 39.5 Å². The molecule has 3 aromatic carbocycles. The zero-order valence-corrected chi connectivity index (χ0v) is 22.8. The predicted octanol–water partition coefficient (Wildman–Crippen LogP) is 5.26. The summed E-state index contributed by atoms with van der Waals surface area (Å²) in [5.74, 6) is 2.38. The summed E-state index contributed by atoms with van der Waals surface area (Å²) >= 11 is 5.86. The topological polar surface area (TPSA) is 78.5 Å². The summed E-state index contributed by atoms with van der Waals surface area (Å²) in [6.07, 6.45) is 0.783. The molecular weight excluding hydrogens is 504 g/mol. The first-order valence-corrected chi connectivity index (χ1v) is 12.7. The molecule has 0 saturated carbocycles. The third-order valence-corrected chi connectivity index (χ3v) is 6.71. The minimum Gasteiger partial charge on any atom is -0.497 e. The van der Waals surface area contributed by atoms with Crippen LogP contribution in [0.4, 0.5) is 5.69 Å². The van der Waals surface area contributed by atoms with Gasteiger partial charge in [0.25, 0.3) is 0 Å². The number of methoxy groups -OCH3 is 3. The third kappa shape index (κ3) is 6.11. The minimum atomic E-state index is -0.359. The molecular formula is C29H32N2O6S. The van der Waals surface area contributed by atoms with Crippen molar-refractivity contribution in [1.29, 1.82) is 0 Å². The van der Waals surface area contributed by atoms with Crippen LogP contribution in [0.5, 0.6) is 23.0 Å². The number of esters is 1. The lowest BCUT2D eigenvalue weighted by molar-refractivity contribution is 0.0526. The second-order valence-electron chi connectivity index (χ2n) is 8.58. The van der Waals surface area contributed by atoms with Crippen LogP contribution in [-0.4, -0.2) is 57.1 Å². The number of fused-ring (bicyclic) bond motifs is 1. The van der Waals surface area contributed by atoms with Crippen LogP contribution < -0.4 is 24.3 Å². The highest BCUT2D eigenvalue weighted by Crippen LogP contribution is 2.38. The highest BCUT2D eigenvalue weighted by molar-refractivity contribution is 7.80. The zero-order chi connectivity index (χ0) is 27.1. The van der Waals surface area contributed by atoms with Gasteiger partial charge in [-0.1, -0.05) is 0 Å². The first kappa shape index (κ1) is 27.1. The van der Waals surface area contributed by atoms with Crippen molar-refractivity contribution < 1.29 is 28.5 Å². The van der Waals surface area contributed by atoms with E-state index >= 15 is 0 Å². The number of hydrogen-bond acceptors (Lipinski definition) is 7. The standard InChI is InChI=1S/C29H32N2O6S/c1-5-36-28(32)19-6-10-23(11-7-19)37-18-25-24-17-27(35-4)26(34-3)16-20(24)14-15-31(25)29(38)30-21-8-12-22(33-2)13-9-21/h6-13,16-17,25H,5,14-15,18H2,1-4H3,(H,30,38)/t25-/m1/s1. The zero-order valence-electron chi connectivity index (χ0n) is 22.0. The smallest absolute Gasteiger partial charge is 0.338 e. The summed E-state index contributed by atoms with van der Waals surface area (Å²) < 4.78 is 27.7. The molecule has 4 rings (SSSR count). The van der Waals surface area contributed by atoms with Crippen LogP contribution in [0.25, 0.3) is 0 Å². The monoisotopic (exact) mass is 536 g/mol. The molecule has 9 heteroatoms. The van der Waals surface area contributed by atoms with E-state index in [0.29, 0.717) is 47.7 Å². The summed E-state index contributed by atoms with van der Waals surface area (Å²) in [7, 11) is 4.89. The number of rotatable bonds is 9. The van der Waals surface area contributed by atoms with Gasteiger partial charge in [0.1, 0.15) is 18.1 Å². The molecule has 38 heavy (non-hydrogen) atoms. The molecule has 0 aromatic heterocycles. The number of ether oxygens (including phenoxy) is 5. The van der Waals surface area contributed by atoms with Gasteiger partial charge in [0, 0.05) is 12.2 Å². The van der Waals surface area contributed by atoms with Crippen LogP contribution in [0.1, 0.15) is 34.5 Å². The Morgan fingerprint density at radius 2 is 1.61 bits per heavy atom. The lowest BCUT2D eigenvalue weighted by Gasteiger charge is -2.39. The van der Waals surface area contributed by atoms with Gasteiger partial charge in [-0.25, -0.2) is 4.79 Å². The maximum Gasteiger partial charge on any atom is 0.338 e. The molecule has 1 aliphatic rings. The molecule has 0 bridgehead atoms. The van der Waals surface area contributed by atoms with Gasteiger partial charge in [0.15, 0.2) is 16.6 Å². The average Bonchev–Trinajstić information content (AvgIpc) is 2.95.